The first-order valence-corrected chi connectivity index (χ1v) is 17.1. The van der Waals surface area contributed by atoms with Crippen molar-refractivity contribution >= 4 is 87.6 Å². The van der Waals surface area contributed by atoms with Crippen LogP contribution in [0.3, 0.4) is 0 Å². The van der Waals surface area contributed by atoms with Gasteiger partial charge in [-0.05, 0) is 42.1 Å². The Labute approximate surface area is 360 Å². The maximum absolute atomic E-state index is 11.7. The van der Waals surface area contributed by atoms with E-state index in [0.717, 1.165) is 43.2 Å². The molecule has 0 bridgehead atoms. The number of phenols is 1. The van der Waals surface area contributed by atoms with E-state index in [1.165, 1.54) is 24.3 Å². The minimum Gasteiger partial charge on any atom is -0.744 e. The van der Waals surface area contributed by atoms with Crippen LogP contribution in [0.2, 0.25) is 0 Å². The molecule has 0 saturated carbocycles. The van der Waals surface area contributed by atoms with E-state index in [2.05, 4.69) is 27.5 Å². The summed E-state index contributed by atoms with van der Waals surface area (Å²) >= 11 is 0. The zero-order valence-electron chi connectivity index (χ0n) is 27.1. The molecule has 0 spiro atoms. The van der Waals surface area contributed by atoms with Gasteiger partial charge in [-0.15, -0.1) is 22.6 Å². The third kappa shape index (κ3) is 13.8. The number of nitrogens with zero attached hydrogens (tertiary/aromatic N) is 3. The number of unbranched alkanes of at least 4 members (excludes halogenated alkanes) is 1. The van der Waals surface area contributed by atoms with Crippen molar-refractivity contribution < 1.29 is 133 Å². The monoisotopic (exact) mass is 797 g/mol. The van der Waals surface area contributed by atoms with E-state index in [0.29, 0.717) is 12.6 Å². The summed E-state index contributed by atoms with van der Waals surface area (Å²) in [6.45, 7) is 2.76. The van der Waals surface area contributed by atoms with Gasteiger partial charge in [0.1, 0.15) is 36.0 Å². The summed E-state index contributed by atoms with van der Waals surface area (Å²) in [5.41, 5.74) is 9.83. The number of guanidine groups is 2. The predicted octanol–water partition coefficient (Wildman–Crippen LogP) is -6.16. The number of aliphatic imine (C=N–C) groups is 1. The third-order valence-corrected chi connectivity index (χ3v) is 8.60. The van der Waals surface area contributed by atoms with Crippen LogP contribution >= 0.6 is 12.4 Å². The quantitative estimate of drug-likeness (QED) is 0.0277. The van der Waals surface area contributed by atoms with Gasteiger partial charge in [0, 0.05) is 22.7 Å². The van der Waals surface area contributed by atoms with E-state index in [1.807, 2.05) is 0 Å². The molecule has 0 aliphatic rings. The Morgan fingerprint density at radius 3 is 1.90 bits per heavy atom. The third-order valence-electron chi connectivity index (χ3n) is 6.03. The zero-order chi connectivity index (χ0) is 34.4. The van der Waals surface area contributed by atoms with Gasteiger partial charge < -0.3 is 30.2 Å². The van der Waals surface area contributed by atoms with Crippen LogP contribution in [0.4, 0.5) is 11.4 Å². The molecule has 4 rings (SSSR count). The average molecular weight is 798 g/mol. The molecule has 24 heteroatoms. The number of nitrogens with one attached hydrogen (secondary N) is 2. The van der Waals surface area contributed by atoms with Crippen molar-refractivity contribution in [3.05, 3.63) is 60.7 Å². The number of fused-ring (bicyclic) bond motifs is 2. The molecule has 0 aliphatic carbocycles. The second-order valence-corrected chi connectivity index (χ2v) is 13.4. The van der Waals surface area contributed by atoms with E-state index < -0.39 is 56.5 Å². The number of phenolic OH excluding ortho intramolecular Hbond substituents is 1. The second-order valence-electron chi connectivity index (χ2n) is 9.30. The van der Waals surface area contributed by atoms with Gasteiger partial charge in [-0.1, -0.05) is 43.7 Å². The molecule has 0 fully saturated rings. The van der Waals surface area contributed by atoms with Gasteiger partial charge in [-0.2, -0.15) is 0 Å². The summed E-state index contributed by atoms with van der Waals surface area (Å²) in [5.74, 6) is -1.04. The Bertz CT molecular complexity index is 2230. The van der Waals surface area contributed by atoms with Gasteiger partial charge >= 0.3 is 88.7 Å². The summed E-state index contributed by atoms with van der Waals surface area (Å²) < 4.78 is 104. The minimum absolute atomic E-state index is 0. The number of hydrogen-bond acceptors (Lipinski definition) is 14. The number of aromatic hydroxyl groups is 1. The van der Waals surface area contributed by atoms with Crippen molar-refractivity contribution in [3.63, 3.8) is 0 Å². The summed E-state index contributed by atoms with van der Waals surface area (Å²) in [6, 6.07) is 11.5. The first-order chi connectivity index (χ1) is 21.3. The molecule has 0 radical (unpaired) electrons. The molecule has 17 nitrogen and oxygen atoms in total. The van der Waals surface area contributed by atoms with Crippen molar-refractivity contribution in [1.82, 2.24) is 5.32 Å². The number of benzene rings is 4. The predicted molar refractivity (Wildman–Crippen MR) is 171 cm³/mol. The Morgan fingerprint density at radius 1 is 0.800 bits per heavy atom. The van der Waals surface area contributed by atoms with Crippen LogP contribution in [0.15, 0.2) is 90.6 Å². The molecule has 0 saturated heterocycles. The van der Waals surface area contributed by atoms with Crippen LogP contribution in [0, 0.1) is 5.41 Å². The summed E-state index contributed by atoms with van der Waals surface area (Å²) in [4.78, 5) is 1.57. The topological polar surface area (TPSA) is 317 Å². The Kier molecular flexibility index (Phi) is 21.6. The van der Waals surface area contributed by atoms with Gasteiger partial charge in [-0.25, -0.2) is 25.3 Å². The largest absolute Gasteiger partial charge is 1.00 e. The molecule has 7 N–H and O–H groups in total. The van der Waals surface area contributed by atoms with Crippen molar-refractivity contribution in [1.29, 1.82) is 5.41 Å². The summed E-state index contributed by atoms with van der Waals surface area (Å²) in [6.07, 6.45) is 2.08. The molecule has 50 heavy (non-hydrogen) atoms. The molecular weight excluding hydrogens is 771 g/mol. The smallest absolute Gasteiger partial charge is 0.744 e. The zero-order valence-corrected chi connectivity index (χ0v) is 36.4. The van der Waals surface area contributed by atoms with E-state index in [9.17, 15) is 44.0 Å². The first kappa shape index (κ1) is 50.7. The maximum Gasteiger partial charge on any atom is 1.00 e. The van der Waals surface area contributed by atoms with Gasteiger partial charge in [-0.3, -0.25) is 15.7 Å². The van der Waals surface area contributed by atoms with Crippen molar-refractivity contribution in [2.24, 2.45) is 26.7 Å². The fraction of sp³-hybridized carbons (Fsp3) is 0.154. The molecule has 4 aromatic rings. The van der Waals surface area contributed by atoms with E-state index in [-0.39, 0.29) is 140 Å². The molecule has 0 unspecified atom stereocenters. The standard InChI is InChI=1S/C20H14N2O10S3.C6H15N5.ClH.3Na/c23-20-18(35(30,31)32)10-11-9-12(33(24,25)26)5-6-13(11)19(20)22-21-16-7-8-17(34(27,28)29)15-4-2-1-3-14(15)16;1-2-3-4-10-6(9)11-5(7)8;;;;/h1-10,23H,(H,24,25,26)(H,27,28,29)(H,30,31,32);2-4H2,1H3,(H6,7,8,9,10,11);1H;;;/q;;;3*+1/p-3. The van der Waals surface area contributed by atoms with Gasteiger partial charge in [0.15, 0.2) is 17.7 Å². The Hall–Kier alpha value is -1.44. The average Bonchev–Trinajstić information content (AvgIpc) is 2.94. The van der Waals surface area contributed by atoms with Crippen LogP contribution in [0.1, 0.15) is 19.8 Å². The van der Waals surface area contributed by atoms with Gasteiger partial charge in [0.05, 0.1) is 20.4 Å². The summed E-state index contributed by atoms with van der Waals surface area (Å²) in [5, 5.41) is 27.4. The number of hydrogen-bond donors (Lipinski definition) is 5. The molecule has 0 atom stereocenters. The molecule has 0 aliphatic heterocycles. The normalized spacial score (nSPS) is 11.6. The maximum atomic E-state index is 11.7. The number of nitrogens with two attached hydrogens (primary N) is 2. The van der Waals surface area contributed by atoms with Crippen molar-refractivity contribution in [2.45, 2.75) is 34.5 Å². The Balaban J connectivity index is 0. The van der Waals surface area contributed by atoms with E-state index in [4.69, 9.17) is 16.9 Å². The van der Waals surface area contributed by atoms with E-state index >= 15 is 0 Å². The van der Waals surface area contributed by atoms with Crippen LogP contribution in [-0.4, -0.2) is 62.5 Å². The van der Waals surface area contributed by atoms with Crippen molar-refractivity contribution in [2.75, 3.05) is 6.54 Å². The van der Waals surface area contributed by atoms with Crippen LogP contribution < -0.4 is 105 Å². The molecule has 254 valence electrons. The van der Waals surface area contributed by atoms with Crippen LogP contribution in [0.5, 0.6) is 5.75 Å². The fourth-order valence-corrected chi connectivity index (χ4v) is 5.77. The van der Waals surface area contributed by atoms with Crippen molar-refractivity contribution in [3.8, 4) is 5.75 Å². The summed E-state index contributed by atoms with van der Waals surface area (Å²) in [7, 11) is -15.0. The van der Waals surface area contributed by atoms with Gasteiger partial charge in [0.2, 0.25) is 0 Å². The minimum atomic E-state index is -5.27. The van der Waals surface area contributed by atoms with Gasteiger partial charge in [0.25, 0.3) is 0 Å². The fourth-order valence-electron chi connectivity index (χ4n) is 3.98. The number of halogens is 1. The number of rotatable bonds is 8. The molecule has 0 heterocycles. The molecule has 0 aromatic heterocycles. The Morgan fingerprint density at radius 2 is 1.38 bits per heavy atom. The van der Waals surface area contributed by atoms with Crippen LogP contribution in [0.25, 0.3) is 21.5 Å². The SMILES string of the molecule is CCCCN=C(N)NC(=N)N.Cl.O=S(=O)([O-])c1ccc2c(N=Nc3ccc(S(=O)(=O)[O-])c4ccccc34)c(O)c(S(=O)(=O)[O-])cc2c1.[Na+].[Na+].[Na+]. The van der Waals surface area contributed by atoms with Crippen LogP contribution in [-0.2, 0) is 30.4 Å². The molecule has 4 aromatic carbocycles. The van der Waals surface area contributed by atoms with E-state index in [1.54, 1.807) is 0 Å². The molecule has 0 amide bonds. The first-order valence-electron chi connectivity index (χ1n) is 12.9. The molecular formula is C26H27ClN7Na3O10S3. The number of azo groups is 1. The second kappa shape index (κ2) is 21.3.